The van der Waals surface area contributed by atoms with E-state index in [-0.39, 0.29) is 0 Å². The largest absolute Gasteiger partial charge is 0.370 e. The Bertz CT molecular complexity index is 309. The Morgan fingerprint density at radius 3 is 2.82 bits per heavy atom. The molecular formula is C14H25N3. The van der Waals surface area contributed by atoms with Crippen LogP contribution in [0.5, 0.6) is 0 Å². The van der Waals surface area contributed by atoms with Gasteiger partial charge in [-0.2, -0.15) is 0 Å². The van der Waals surface area contributed by atoms with E-state index in [0.29, 0.717) is 12.5 Å². The van der Waals surface area contributed by atoms with Crippen molar-refractivity contribution in [1.29, 1.82) is 0 Å². The van der Waals surface area contributed by atoms with Gasteiger partial charge < -0.3 is 11.1 Å². The molecule has 2 saturated carbocycles. The number of nitrogens with zero attached hydrogens (tertiary/aromatic N) is 1. The third-order valence-corrected chi connectivity index (χ3v) is 4.23. The molecule has 2 fully saturated rings. The standard InChI is InChI=1S/C14H25N3/c1-10(2)9-17-14(15)16-6-5-13-8-11-3-4-12(13)7-11/h11-13H,1,3-9H2,2H3,(H3,15,16,17). The molecule has 0 radical (unpaired) electrons. The zero-order chi connectivity index (χ0) is 12.3. The first kappa shape index (κ1) is 12.5. The summed E-state index contributed by atoms with van der Waals surface area (Å²) in [4.78, 5) is 4.22. The van der Waals surface area contributed by atoms with Crippen molar-refractivity contribution in [3.05, 3.63) is 12.2 Å². The topological polar surface area (TPSA) is 50.4 Å². The maximum Gasteiger partial charge on any atom is 0.188 e. The second-order valence-electron chi connectivity index (χ2n) is 5.81. The molecule has 3 nitrogen and oxygen atoms in total. The van der Waals surface area contributed by atoms with Gasteiger partial charge in [-0.1, -0.05) is 18.6 Å². The van der Waals surface area contributed by atoms with Gasteiger partial charge in [0.25, 0.3) is 0 Å². The molecule has 17 heavy (non-hydrogen) atoms. The van der Waals surface area contributed by atoms with Gasteiger partial charge in [-0.3, -0.25) is 0 Å². The Hall–Kier alpha value is -0.990. The van der Waals surface area contributed by atoms with Crippen LogP contribution in [0.15, 0.2) is 17.1 Å². The highest BCUT2D eigenvalue weighted by atomic mass is 15.1. The lowest BCUT2D eigenvalue weighted by molar-refractivity contribution is 0.315. The molecule has 0 aliphatic heterocycles. The Labute approximate surface area is 105 Å². The number of fused-ring (bicyclic) bond motifs is 2. The number of guanidine groups is 1. The number of nitrogens with two attached hydrogens (primary N) is 1. The van der Waals surface area contributed by atoms with Gasteiger partial charge in [-0.25, -0.2) is 4.99 Å². The summed E-state index contributed by atoms with van der Waals surface area (Å²) < 4.78 is 0. The second kappa shape index (κ2) is 5.56. The molecule has 2 bridgehead atoms. The number of nitrogens with one attached hydrogen (secondary N) is 1. The fraction of sp³-hybridized carbons (Fsp3) is 0.786. The van der Waals surface area contributed by atoms with Gasteiger partial charge in [0.15, 0.2) is 5.96 Å². The number of hydrogen-bond donors (Lipinski definition) is 2. The van der Waals surface area contributed by atoms with E-state index < -0.39 is 0 Å². The lowest BCUT2D eigenvalue weighted by Crippen LogP contribution is -2.33. The highest BCUT2D eigenvalue weighted by Gasteiger charge is 2.38. The smallest absolute Gasteiger partial charge is 0.188 e. The second-order valence-corrected chi connectivity index (χ2v) is 5.81. The van der Waals surface area contributed by atoms with E-state index in [0.717, 1.165) is 29.9 Å². The Kier molecular flexibility index (Phi) is 4.08. The molecule has 3 unspecified atom stereocenters. The zero-order valence-electron chi connectivity index (χ0n) is 10.9. The van der Waals surface area contributed by atoms with Crippen molar-refractivity contribution in [3.8, 4) is 0 Å². The molecule has 0 amide bonds. The molecule has 2 rings (SSSR count). The van der Waals surface area contributed by atoms with E-state index in [1.165, 1.54) is 32.1 Å². The van der Waals surface area contributed by atoms with Gasteiger partial charge in [0.2, 0.25) is 0 Å². The van der Waals surface area contributed by atoms with E-state index in [1.807, 2.05) is 6.92 Å². The molecule has 2 aliphatic carbocycles. The Morgan fingerprint density at radius 1 is 1.41 bits per heavy atom. The summed E-state index contributed by atoms with van der Waals surface area (Å²) in [5.41, 5.74) is 6.82. The van der Waals surface area contributed by atoms with Crippen molar-refractivity contribution in [2.45, 2.75) is 39.0 Å². The van der Waals surface area contributed by atoms with Crippen molar-refractivity contribution in [2.24, 2.45) is 28.5 Å². The number of rotatable bonds is 5. The van der Waals surface area contributed by atoms with Gasteiger partial charge in [0.05, 0.1) is 6.54 Å². The van der Waals surface area contributed by atoms with Crippen LogP contribution in [-0.2, 0) is 0 Å². The van der Waals surface area contributed by atoms with Crippen molar-refractivity contribution >= 4 is 5.96 Å². The predicted molar refractivity (Wildman–Crippen MR) is 72.9 cm³/mol. The lowest BCUT2D eigenvalue weighted by Gasteiger charge is -2.21. The minimum atomic E-state index is 0.566. The minimum Gasteiger partial charge on any atom is -0.370 e. The molecule has 96 valence electrons. The molecule has 2 aliphatic rings. The van der Waals surface area contributed by atoms with E-state index in [9.17, 15) is 0 Å². The molecular weight excluding hydrogens is 210 g/mol. The van der Waals surface area contributed by atoms with E-state index in [1.54, 1.807) is 0 Å². The summed E-state index contributed by atoms with van der Waals surface area (Å²) in [5.74, 6) is 3.56. The Morgan fingerprint density at radius 2 is 2.24 bits per heavy atom. The third-order valence-electron chi connectivity index (χ3n) is 4.23. The summed E-state index contributed by atoms with van der Waals surface area (Å²) in [6.45, 7) is 7.37. The van der Waals surface area contributed by atoms with Gasteiger partial charge >= 0.3 is 0 Å². The van der Waals surface area contributed by atoms with Gasteiger partial charge in [-0.15, -0.1) is 0 Å². The van der Waals surface area contributed by atoms with Crippen LogP contribution >= 0.6 is 0 Å². The molecule has 0 aromatic heterocycles. The summed E-state index contributed by atoms with van der Waals surface area (Å²) in [6, 6.07) is 0. The fourth-order valence-corrected chi connectivity index (χ4v) is 3.39. The van der Waals surface area contributed by atoms with Crippen LogP contribution in [0.1, 0.15) is 39.0 Å². The van der Waals surface area contributed by atoms with E-state index >= 15 is 0 Å². The van der Waals surface area contributed by atoms with E-state index in [2.05, 4.69) is 16.9 Å². The molecule has 0 aromatic carbocycles. The molecule has 0 heterocycles. The average molecular weight is 235 g/mol. The van der Waals surface area contributed by atoms with Gasteiger partial charge in [-0.05, 0) is 50.4 Å². The summed E-state index contributed by atoms with van der Waals surface area (Å²) in [7, 11) is 0. The quantitative estimate of drug-likeness (QED) is 0.436. The first-order valence-electron chi connectivity index (χ1n) is 6.83. The monoisotopic (exact) mass is 235 g/mol. The summed E-state index contributed by atoms with van der Waals surface area (Å²) >= 11 is 0. The number of aliphatic imine (C=N–C) groups is 1. The van der Waals surface area contributed by atoms with Crippen molar-refractivity contribution in [3.63, 3.8) is 0 Å². The summed E-state index contributed by atoms with van der Waals surface area (Å²) in [5, 5.41) is 3.21. The van der Waals surface area contributed by atoms with Crippen LogP contribution in [0, 0.1) is 17.8 Å². The van der Waals surface area contributed by atoms with Crippen LogP contribution in [0.4, 0.5) is 0 Å². The lowest BCUT2D eigenvalue weighted by atomic mass is 9.86. The van der Waals surface area contributed by atoms with Gasteiger partial charge in [0.1, 0.15) is 0 Å². The highest BCUT2D eigenvalue weighted by Crippen LogP contribution is 2.49. The molecule has 3 atom stereocenters. The van der Waals surface area contributed by atoms with Crippen molar-refractivity contribution in [2.75, 3.05) is 13.1 Å². The van der Waals surface area contributed by atoms with Gasteiger partial charge in [0, 0.05) is 6.54 Å². The molecule has 3 heteroatoms. The first-order chi connectivity index (χ1) is 8.15. The molecule has 0 spiro atoms. The van der Waals surface area contributed by atoms with E-state index in [4.69, 9.17) is 5.73 Å². The minimum absolute atomic E-state index is 0.566. The van der Waals surface area contributed by atoms with Crippen LogP contribution in [0.2, 0.25) is 0 Å². The Balaban J connectivity index is 1.63. The first-order valence-corrected chi connectivity index (χ1v) is 6.83. The molecule has 0 aromatic rings. The van der Waals surface area contributed by atoms with Crippen LogP contribution in [-0.4, -0.2) is 19.0 Å². The summed E-state index contributed by atoms with van der Waals surface area (Å²) in [6.07, 6.45) is 7.15. The number of hydrogen-bond acceptors (Lipinski definition) is 1. The van der Waals surface area contributed by atoms with Crippen LogP contribution in [0.25, 0.3) is 0 Å². The van der Waals surface area contributed by atoms with Crippen LogP contribution in [0.3, 0.4) is 0 Å². The third kappa shape index (κ3) is 3.48. The highest BCUT2D eigenvalue weighted by molar-refractivity contribution is 5.77. The maximum atomic E-state index is 5.78. The maximum absolute atomic E-state index is 5.78. The fourth-order valence-electron chi connectivity index (χ4n) is 3.39. The van der Waals surface area contributed by atoms with Crippen molar-refractivity contribution < 1.29 is 0 Å². The predicted octanol–water partition coefficient (Wildman–Crippen LogP) is 2.29. The van der Waals surface area contributed by atoms with Crippen molar-refractivity contribution in [1.82, 2.24) is 5.32 Å². The normalized spacial score (nSPS) is 31.8. The zero-order valence-corrected chi connectivity index (χ0v) is 10.9. The SMILES string of the molecule is C=C(C)CN=C(N)NCCC1CC2CCC1C2. The average Bonchev–Trinajstić information content (AvgIpc) is 2.88. The van der Waals surface area contributed by atoms with Crippen LogP contribution < -0.4 is 11.1 Å². The molecule has 3 N–H and O–H groups in total. The molecule has 0 saturated heterocycles.